The topological polar surface area (TPSA) is 29.5 Å². The lowest BCUT2D eigenvalue weighted by molar-refractivity contribution is 0.0632. The Morgan fingerprint density at radius 2 is 2.18 bits per heavy atom. The summed E-state index contributed by atoms with van der Waals surface area (Å²) < 4.78 is 5.89. The van der Waals surface area contributed by atoms with E-state index in [1.165, 1.54) is 0 Å². The Hall–Kier alpha value is -0.870. The van der Waals surface area contributed by atoms with E-state index in [2.05, 4.69) is 15.9 Å². The number of rotatable bonds is 4. The Bertz CT molecular complexity index is 406. The van der Waals surface area contributed by atoms with E-state index in [1.807, 2.05) is 32.0 Å². The molecule has 0 saturated carbocycles. The third-order valence-electron chi connectivity index (χ3n) is 2.74. The zero-order chi connectivity index (χ0) is 13.0. The lowest BCUT2D eigenvalue weighted by atomic mass is 10.1. The van der Waals surface area contributed by atoms with Gasteiger partial charge in [-0.05, 0) is 47.5 Å². The first-order chi connectivity index (χ1) is 7.97. The van der Waals surface area contributed by atoms with Crippen LogP contribution in [-0.2, 0) is 4.74 Å². The van der Waals surface area contributed by atoms with Gasteiger partial charge in [0.25, 0.3) is 5.91 Å². The molecule has 1 rings (SSSR count). The first-order valence-corrected chi connectivity index (χ1v) is 6.29. The molecule has 0 N–H and O–H groups in total. The molecule has 0 fully saturated rings. The van der Waals surface area contributed by atoms with Gasteiger partial charge in [-0.15, -0.1) is 0 Å². The fourth-order valence-electron chi connectivity index (χ4n) is 1.54. The van der Waals surface area contributed by atoms with Crippen molar-refractivity contribution < 1.29 is 9.53 Å². The maximum Gasteiger partial charge on any atom is 0.255 e. The standard InChI is InChI=1S/C13H18BrNO2/c1-9-5-6-11(12(14)7-9)13(16)15(3)10(2)8-17-4/h5-7,10H,8H2,1-4H3. The second kappa shape index (κ2) is 6.17. The number of ether oxygens (including phenoxy) is 1. The average molecular weight is 300 g/mol. The van der Waals surface area contributed by atoms with Gasteiger partial charge in [0.1, 0.15) is 0 Å². The third kappa shape index (κ3) is 3.54. The smallest absolute Gasteiger partial charge is 0.255 e. The maximum absolute atomic E-state index is 12.2. The van der Waals surface area contributed by atoms with Crippen molar-refractivity contribution in [2.45, 2.75) is 19.9 Å². The largest absolute Gasteiger partial charge is 0.383 e. The number of hydrogen-bond acceptors (Lipinski definition) is 2. The summed E-state index contributed by atoms with van der Waals surface area (Å²) in [6.45, 7) is 4.49. The van der Waals surface area contributed by atoms with Crippen LogP contribution in [0.5, 0.6) is 0 Å². The normalized spacial score (nSPS) is 12.3. The summed E-state index contributed by atoms with van der Waals surface area (Å²) in [4.78, 5) is 13.9. The highest BCUT2D eigenvalue weighted by atomic mass is 79.9. The van der Waals surface area contributed by atoms with Crippen LogP contribution >= 0.6 is 15.9 Å². The Balaban J connectivity index is 2.88. The van der Waals surface area contributed by atoms with Crippen molar-refractivity contribution in [1.82, 2.24) is 4.90 Å². The molecule has 17 heavy (non-hydrogen) atoms. The van der Waals surface area contributed by atoms with E-state index in [4.69, 9.17) is 4.74 Å². The summed E-state index contributed by atoms with van der Waals surface area (Å²) in [6.07, 6.45) is 0. The van der Waals surface area contributed by atoms with Crippen molar-refractivity contribution in [2.24, 2.45) is 0 Å². The van der Waals surface area contributed by atoms with E-state index < -0.39 is 0 Å². The monoisotopic (exact) mass is 299 g/mol. The molecule has 1 atom stereocenters. The highest BCUT2D eigenvalue weighted by Crippen LogP contribution is 2.20. The Labute approximate surface area is 111 Å². The van der Waals surface area contributed by atoms with E-state index in [1.54, 1.807) is 19.1 Å². The highest BCUT2D eigenvalue weighted by Gasteiger charge is 2.19. The number of hydrogen-bond donors (Lipinski definition) is 0. The summed E-state index contributed by atoms with van der Waals surface area (Å²) in [7, 11) is 3.43. The lowest BCUT2D eigenvalue weighted by Gasteiger charge is -2.24. The highest BCUT2D eigenvalue weighted by molar-refractivity contribution is 9.10. The molecule has 0 radical (unpaired) electrons. The van der Waals surface area contributed by atoms with E-state index in [-0.39, 0.29) is 11.9 Å². The minimum atomic E-state index is 0.00132. The second-order valence-electron chi connectivity index (χ2n) is 4.20. The molecule has 3 nitrogen and oxygen atoms in total. The van der Waals surface area contributed by atoms with Gasteiger partial charge >= 0.3 is 0 Å². The van der Waals surface area contributed by atoms with Gasteiger partial charge in [0.2, 0.25) is 0 Å². The fraction of sp³-hybridized carbons (Fsp3) is 0.462. The van der Waals surface area contributed by atoms with Crippen LogP contribution < -0.4 is 0 Å². The van der Waals surface area contributed by atoms with Crippen LogP contribution in [0.4, 0.5) is 0 Å². The predicted octanol–water partition coefficient (Wildman–Crippen LogP) is 2.86. The quantitative estimate of drug-likeness (QED) is 0.855. The molecule has 1 amide bonds. The minimum absolute atomic E-state index is 0.00132. The summed E-state index contributed by atoms with van der Waals surface area (Å²) in [5.74, 6) is 0.00132. The number of likely N-dealkylation sites (N-methyl/N-ethyl adjacent to an activating group) is 1. The number of aryl methyl sites for hydroxylation is 1. The molecular weight excluding hydrogens is 282 g/mol. The van der Waals surface area contributed by atoms with E-state index >= 15 is 0 Å². The van der Waals surface area contributed by atoms with Gasteiger partial charge in [0.15, 0.2) is 0 Å². The molecule has 0 aliphatic heterocycles. The van der Waals surface area contributed by atoms with Gasteiger partial charge in [-0.3, -0.25) is 4.79 Å². The molecule has 0 aromatic heterocycles. The molecule has 4 heteroatoms. The van der Waals surface area contributed by atoms with Gasteiger partial charge in [-0.25, -0.2) is 0 Å². The molecule has 1 unspecified atom stereocenters. The van der Waals surface area contributed by atoms with Gasteiger partial charge < -0.3 is 9.64 Å². The Morgan fingerprint density at radius 1 is 1.53 bits per heavy atom. The van der Waals surface area contributed by atoms with Crippen molar-refractivity contribution in [3.63, 3.8) is 0 Å². The number of amides is 1. The van der Waals surface area contributed by atoms with Crippen LogP contribution in [0, 0.1) is 6.92 Å². The molecule has 94 valence electrons. The molecule has 0 bridgehead atoms. The van der Waals surface area contributed by atoms with Crippen LogP contribution in [0.2, 0.25) is 0 Å². The molecule has 1 aromatic rings. The molecule has 0 heterocycles. The zero-order valence-electron chi connectivity index (χ0n) is 10.7. The first-order valence-electron chi connectivity index (χ1n) is 5.49. The van der Waals surface area contributed by atoms with Crippen molar-refractivity contribution in [3.05, 3.63) is 33.8 Å². The number of carbonyl (C=O) groups is 1. The van der Waals surface area contributed by atoms with Crippen molar-refractivity contribution in [1.29, 1.82) is 0 Å². The number of nitrogens with zero attached hydrogens (tertiary/aromatic N) is 1. The average Bonchev–Trinajstić information content (AvgIpc) is 2.27. The third-order valence-corrected chi connectivity index (χ3v) is 3.40. The molecule has 1 aromatic carbocycles. The van der Waals surface area contributed by atoms with Gasteiger partial charge in [0, 0.05) is 18.6 Å². The fourth-order valence-corrected chi connectivity index (χ4v) is 2.20. The summed E-state index contributed by atoms with van der Waals surface area (Å²) in [6, 6.07) is 5.79. The molecular formula is C13H18BrNO2. The summed E-state index contributed by atoms with van der Waals surface area (Å²) >= 11 is 3.43. The van der Waals surface area contributed by atoms with Crippen LogP contribution in [0.25, 0.3) is 0 Å². The summed E-state index contributed by atoms with van der Waals surface area (Å²) in [5.41, 5.74) is 1.81. The first kappa shape index (κ1) is 14.2. The lowest BCUT2D eigenvalue weighted by Crippen LogP contribution is -2.37. The molecule has 0 aliphatic carbocycles. The van der Waals surface area contributed by atoms with Gasteiger partial charge in [-0.2, -0.15) is 0 Å². The minimum Gasteiger partial charge on any atom is -0.383 e. The van der Waals surface area contributed by atoms with Crippen molar-refractivity contribution in [3.8, 4) is 0 Å². The predicted molar refractivity (Wildman–Crippen MR) is 72.3 cm³/mol. The van der Waals surface area contributed by atoms with E-state index in [0.717, 1.165) is 10.0 Å². The zero-order valence-corrected chi connectivity index (χ0v) is 12.2. The van der Waals surface area contributed by atoms with Crippen molar-refractivity contribution >= 4 is 21.8 Å². The van der Waals surface area contributed by atoms with E-state index in [0.29, 0.717) is 12.2 Å². The summed E-state index contributed by atoms with van der Waals surface area (Å²) in [5, 5.41) is 0. The maximum atomic E-state index is 12.2. The molecule has 0 spiro atoms. The van der Waals surface area contributed by atoms with Gasteiger partial charge in [-0.1, -0.05) is 6.07 Å². The molecule has 0 saturated heterocycles. The number of halogens is 1. The number of methoxy groups -OCH3 is 1. The molecule has 0 aliphatic rings. The second-order valence-corrected chi connectivity index (χ2v) is 5.06. The van der Waals surface area contributed by atoms with Crippen LogP contribution in [-0.4, -0.2) is 37.6 Å². The van der Waals surface area contributed by atoms with Crippen LogP contribution in [0.15, 0.2) is 22.7 Å². The number of carbonyl (C=O) groups excluding carboxylic acids is 1. The SMILES string of the molecule is COCC(C)N(C)C(=O)c1ccc(C)cc1Br. The van der Waals surface area contributed by atoms with Crippen LogP contribution in [0.1, 0.15) is 22.8 Å². The van der Waals surface area contributed by atoms with Crippen LogP contribution in [0.3, 0.4) is 0 Å². The Kier molecular flexibility index (Phi) is 5.15. The Morgan fingerprint density at radius 3 is 2.71 bits per heavy atom. The number of benzene rings is 1. The van der Waals surface area contributed by atoms with Crippen molar-refractivity contribution in [2.75, 3.05) is 20.8 Å². The van der Waals surface area contributed by atoms with E-state index in [9.17, 15) is 4.79 Å². The van der Waals surface area contributed by atoms with Gasteiger partial charge in [0.05, 0.1) is 18.2 Å².